The van der Waals surface area contributed by atoms with Crippen molar-refractivity contribution < 1.29 is 22.1 Å². The molecule has 0 aliphatic heterocycles. The van der Waals surface area contributed by atoms with Gasteiger partial charge in [0.05, 0.1) is 13.1 Å². The third-order valence-corrected chi connectivity index (χ3v) is 2.65. The molecule has 0 aliphatic carbocycles. The molecule has 108 valence electrons. The van der Waals surface area contributed by atoms with Crippen molar-refractivity contribution in [3.63, 3.8) is 0 Å². The van der Waals surface area contributed by atoms with Crippen LogP contribution in [0.25, 0.3) is 11.4 Å². The van der Waals surface area contributed by atoms with Gasteiger partial charge < -0.3 is 9.84 Å². The summed E-state index contributed by atoms with van der Waals surface area (Å²) in [5, 5.41) is 5.71. The zero-order chi connectivity index (χ0) is 14.8. The minimum absolute atomic E-state index is 0.00960. The van der Waals surface area contributed by atoms with E-state index in [1.165, 1.54) is 12.1 Å². The predicted octanol–water partition coefficient (Wildman–Crippen LogP) is 3.29. The molecular weight excluding hydrogens is 346 g/mol. The summed E-state index contributed by atoms with van der Waals surface area (Å²) in [7, 11) is 0. The summed E-state index contributed by atoms with van der Waals surface area (Å²) < 4.78 is 54.3. The molecule has 20 heavy (non-hydrogen) atoms. The van der Waals surface area contributed by atoms with Gasteiger partial charge >= 0.3 is 6.18 Å². The molecule has 0 atom stereocenters. The Balaban J connectivity index is 2.05. The summed E-state index contributed by atoms with van der Waals surface area (Å²) in [4.78, 5) is 3.89. The second-order valence-corrected chi connectivity index (χ2v) is 4.80. The van der Waals surface area contributed by atoms with Gasteiger partial charge in [-0.05, 0) is 18.2 Å². The molecule has 2 rings (SSSR count). The fourth-order valence-electron chi connectivity index (χ4n) is 1.44. The Kier molecular flexibility index (Phi) is 4.39. The highest BCUT2D eigenvalue weighted by atomic mass is 79.9. The van der Waals surface area contributed by atoms with Crippen LogP contribution in [0, 0.1) is 5.82 Å². The maximum atomic E-state index is 13.2. The van der Waals surface area contributed by atoms with E-state index in [1.54, 1.807) is 6.07 Å². The van der Waals surface area contributed by atoms with E-state index < -0.39 is 18.5 Å². The van der Waals surface area contributed by atoms with E-state index in [1.807, 2.05) is 0 Å². The summed E-state index contributed by atoms with van der Waals surface area (Å²) in [6.07, 6.45) is -4.31. The lowest BCUT2D eigenvalue weighted by Crippen LogP contribution is -2.28. The van der Waals surface area contributed by atoms with Crippen LogP contribution in [0.5, 0.6) is 0 Å². The second-order valence-electron chi connectivity index (χ2n) is 3.89. The topological polar surface area (TPSA) is 51.0 Å². The smallest absolute Gasteiger partial charge is 0.338 e. The van der Waals surface area contributed by atoms with Crippen LogP contribution in [0.1, 0.15) is 5.89 Å². The molecule has 0 fully saturated rings. The van der Waals surface area contributed by atoms with E-state index in [9.17, 15) is 17.6 Å². The van der Waals surface area contributed by atoms with E-state index in [2.05, 4.69) is 31.4 Å². The fourth-order valence-corrected chi connectivity index (χ4v) is 1.90. The molecule has 1 aromatic heterocycles. The zero-order valence-corrected chi connectivity index (χ0v) is 11.4. The van der Waals surface area contributed by atoms with Crippen LogP contribution in [0.3, 0.4) is 0 Å². The van der Waals surface area contributed by atoms with Crippen LogP contribution in [-0.4, -0.2) is 22.9 Å². The Bertz CT molecular complexity index is 579. The SMILES string of the molecule is Fc1cc(Br)cc(-c2noc(CNCC(F)(F)F)n2)c1. The largest absolute Gasteiger partial charge is 0.401 e. The van der Waals surface area contributed by atoms with Gasteiger partial charge in [0.25, 0.3) is 0 Å². The average Bonchev–Trinajstić information content (AvgIpc) is 2.74. The summed E-state index contributed by atoms with van der Waals surface area (Å²) in [6, 6.07) is 4.03. The minimum Gasteiger partial charge on any atom is -0.338 e. The molecule has 4 nitrogen and oxygen atoms in total. The first kappa shape index (κ1) is 14.9. The van der Waals surface area contributed by atoms with Gasteiger partial charge in [-0.1, -0.05) is 21.1 Å². The third kappa shape index (κ3) is 4.27. The summed E-state index contributed by atoms with van der Waals surface area (Å²) >= 11 is 3.12. The molecule has 2 aromatic rings. The molecule has 0 unspecified atom stereocenters. The molecule has 0 radical (unpaired) electrons. The van der Waals surface area contributed by atoms with Crippen molar-refractivity contribution in [2.45, 2.75) is 12.7 Å². The molecule has 0 saturated carbocycles. The van der Waals surface area contributed by atoms with Gasteiger partial charge in [-0.15, -0.1) is 0 Å². The van der Waals surface area contributed by atoms with E-state index in [0.29, 0.717) is 10.0 Å². The normalized spacial score (nSPS) is 11.8. The maximum Gasteiger partial charge on any atom is 0.401 e. The molecular formula is C11H8BrF4N3O. The van der Waals surface area contributed by atoms with Gasteiger partial charge in [0.1, 0.15) is 5.82 Å². The predicted molar refractivity (Wildman–Crippen MR) is 65.2 cm³/mol. The Labute approximate surface area is 119 Å². The fraction of sp³-hybridized carbons (Fsp3) is 0.273. The molecule has 1 heterocycles. The van der Waals surface area contributed by atoms with E-state index in [0.717, 1.165) is 0 Å². The molecule has 1 aromatic carbocycles. The number of alkyl halides is 3. The minimum atomic E-state index is -4.31. The maximum absolute atomic E-state index is 13.2. The standard InChI is InChI=1S/C11H8BrF4N3O/c12-7-1-6(2-8(13)3-7)10-18-9(20-19-10)4-17-5-11(14,15)16/h1-3,17H,4-5H2. The molecule has 0 saturated heterocycles. The average molecular weight is 354 g/mol. The van der Waals surface area contributed by atoms with Crippen molar-refractivity contribution in [1.29, 1.82) is 0 Å². The first-order valence-electron chi connectivity index (χ1n) is 5.40. The second kappa shape index (κ2) is 5.88. The van der Waals surface area contributed by atoms with Crippen molar-refractivity contribution in [2.24, 2.45) is 0 Å². The van der Waals surface area contributed by atoms with Gasteiger partial charge in [0, 0.05) is 10.0 Å². The Morgan fingerprint density at radius 2 is 2.00 bits per heavy atom. The number of halogens is 5. The lowest BCUT2D eigenvalue weighted by atomic mass is 10.2. The number of hydrogen-bond donors (Lipinski definition) is 1. The van der Waals surface area contributed by atoms with E-state index in [-0.39, 0.29) is 18.3 Å². The number of nitrogens with one attached hydrogen (secondary N) is 1. The zero-order valence-electron chi connectivity index (χ0n) is 9.84. The molecule has 0 aliphatic rings. The van der Waals surface area contributed by atoms with E-state index >= 15 is 0 Å². The molecule has 0 bridgehead atoms. The van der Waals surface area contributed by atoms with Crippen molar-refractivity contribution in [3.8, 4) is 11.4 Å². The van der Waals surface area contributed by atoms with Gasteiger partial charge in [-0.25, -0.2) is 4.39 Å². The van der Waals surface area contributed by atoms with E-state index in [4.69, 9.17) is 4.52 Å². The Morgan fingerprint density at radius 1 is 1.25 bits per heavy atom. The molecule has 0 spiro atoms. The summed E-state index contributed by atoms with van der Waals surface area (Å²) in [5.74, 6) is -0.394. The number of rotatable bonds is 4. The van der Waals surface area contributed by atoms with Crippen LogP contribution < -0.4 is 5.32 Å². The van der Waals surface area contributed by atoms with Crippen molar-refractivity contribution in [2.75, 3.05) is 6.54 Å². The van der Waals surface area contributed by atoms with Crippen LogP contribution in [0.15, 0.2) is 27.2 Å². The first-order chi connectivity index (χ1) is 9.33. The van der Waals surface area contributed by atoms with Crippen molar-refractivity contribution >= 4 is 15.9 Å². The van der Waals surface area contributed by atoms with Gasteiger partial charge in [-0.3, -0.25) is 0 Å². The Morgan fingerprint density at radius 3 is 2.65 bits per heavy atom. The first-order valence-corrected chi connectivity index (χ1v) is 6.19. The van der Waals surface area contributed by atoms with Crippen molar-refractivity contribution in [1.82, 2.24) is 15.5 Å². The summed E-state index contributed by atoms with van der Waals surface area (Å²) in [6.45, 7) is -1.38. The lowest BCUT2D eigenvalue weighted by molar-refractivity contribution is -0.125. The number of benzene rings is 1. The quantitative estimate of drug-likeness (QED) is 0.857. The summed E-state index contributed by atoms with van der Waals surface area (Å²) in [5.41, 5.74) is 0.364. The highest BCUT2D eigenvalue weighted by Gasteiger charge is 2.26. The van der Waals surface area contributed by atoms with Crippen LogP contribution >= 0.6 is 15.9 Å². The number of aromatic nitrogens is 2. The van der Waals surface area contributed by atoms with Crippen LogP contribution in [0.4, 0.5) is 17.6 Å². The Hall–Kier alpha value is -1.48. The number of nitrogens with zero attached hydrogens (tertiary/aromatic N) is 2. The molecule has 9 heteroatoms. The van der Waals surface area contributed by atoms with Crippen molar-refractivity contribution in [3.05, 3.63) is 34.4 Å². The van der Waals surface area contributed by atoms with Crippen LogP contribution in [-0.2, 0) is 6.54 Å². The third-order valence-electron chi connectivity index (χ3n) is 2.19. The highest BCUT2D eigenvalue weighted by Crippen LogP contribution is 2.22. The monoisotopic (exact) mass is 353 g/mol. The lowest BCUT2D eigenvalue weighted by Gasteiger charge is -2.05. The molecule has 0 amide bonds. The van der Waals surface area contributed by atoms with Crippen LogP contribution in [0.2, 0.25) is 0 Å². The number of hydrogen-bond acceptors (Lipinski definition) is 4. The highest BCUT2D eigenvalue weighted by molar-refractivity contribution is 9.10. The van der Waals surface area contributed by atoms with Gasteiger partial charge in [-0.2, -0.15) is 18.2 Å². The molecule has 1 N–H and O–H groups in total. The van der Waals surface area contributed by atoms with Gasteiger partial charge in [0.2, 0.25) is 11.7 Å². The van der Waals surface area contributed by atoms with Gasteiger partial charge in [0.15, 0.2) is 0 Å².